The van der Waals surface area contributed by atoms with Gasteiger partial charge < -0.3 is 15.8 Å². The fourth-order valence-corrected chi connectivity index (χ4v) is 2.36. The number of halogens is 3. The Balaban J connectivity index is 2.22. The maximum atomic E-state index is 12.7. The van der Waals surface area contributed by atoms with E-state index in [9.17, 15) is 18.3 Å². The van der Waals surface area contributed by atoms with Gasteiger partial charge in [-0.2, -0.15) is 13.2 Å². The van der Waals surface area contributed by atoms with Crippen LogP contribution < -0.4 is 16.6 Å². The lowest BCUT2D eigenvalue weighted by Gasteiger charge is -2.20. The fraction of sp³-hybridized carbons (Fsp3) is 0.636. The van der Waals surface area contributed by atoms with Crippen molar-refractivity contribution in [2.45, 2.75) is 31.5 Å². The van der Waals surface area contributed by atoms with Crippen LogP contribution in [-0.2, 0) is 6.18 Å². The van der Waals surface area contributed by atoms with Crippen molar-refractivity contribution in [3.63, 3.8) is 0 Å². The van der Waals surface area contributed by atoms with Crippen LogP contribution in [0.4, 0.5) is 24.8 Å². The van der Waals surface area contributed by atoms with Gasteiger partial charge in [0.15, 0.2) is 0 Å². The highest BCUT2D eigenvalue weighted by Gasteiger charge is 2.36. The number of nitrogens with zero attached hydrogens (tertiary/aromatic N) is 2. The van der Waals surface area contributed by atoms with Gasteiger partial charge in [0.1, 0.15) is 11.6 Å². The van der Waals surface area contributed by atoms with Gasteiger partial charge >= 0.3 is 6.18 Å². The second-order valence-electron chi connectivity index (χ2n) is 4.73. The zero-order chi connectivity index (χ0) is 14.8. The van der Waals surface area contributed by atoms with Crippen LogP contribution in [0.3, 0.4) is 0 Å². The van der Waals surface area contributed by atoms with Crippen LogP contribution in [0.25, 0.3) is 0 Å². The number of rotatable bonds is 4. The molecule has 0 aromatic carbocycles. The number of anilines is 2. The molecular weight excluding hydrogens is 275 g/mol. The number of alkyl halides is 3. The van der Waals surface area contributed by atoms with Gasteiger partial charge in [0, 0.05) is 24.6 Å². The molecule has 0 spiro atoms. The van der Waals surface area contributed by atoms with Gasteiger partial charge in [-0.15, -0.1) is 0 Å². The number of nitrogen functional groups attached to an aromatic ring is 1. The summed E-state index contributed by atoms with van der Waals surface area (Å²) >= 11 is 0. The fourth-order valence-electron chi connectivity index (χ4n) is 2.36. The number of aromatic nitrogens is 2. The quantitative estimate of drug-likeness (QED) is 0.494. The number of aliphatic hydroxyl groups excluding tert-OH is 1. The van der Waals surface area contributed by atoms with E-state index < -0.39 is 12.0 Å². The van der Waals surface area contributed by atoms with Crippen LogP contribution in [-0.4, -0.2) is 27.7 Å². The van der Waals surface area contributed by atoms with Crippen LogP contribution in [0.15, 0.2) is 6.07 Å². The number of aliphatic hydroxyl groups is 1. The van der Waals surface area contributed by atoms with Gasteiger partial charge in [0.25, 0.3) is 0 Å². The van der Waals surface area contributed by atoms with E-state index >= 15 is 0 Å². The molecule has 1 aliphatic carbocycles. The minimum absolute atomic E-state index is 0.00310. The van der Waals surface area contributed by atoms with Crippen molar-refractivity contribution in [3.05, 3.63) is 11.9 Å². The van der Waals surface area contributed by atoms with Crippen molar-refractivity contribution >= 4 is 11.6 Å². The summed E-state index contributed by atoms with van der Waals surface area (Å²) in [5.74, 6) is 3.81. The number of hydrogen-bond acceptors (Lipinski definition) is 6. The van der Waals surface area contributed by atoms with Gasteiger partial charge in [0.2, 0.25) is 5.82 Å². The normalized spacial score (nSPS) is 22.9. The smallest absolute Gasteiger partial charge is 0.396 e. The minimum atomic E-state index is -4.64. The Kier molecular flexibility index (Phi) is 4.29. The molecule has 0 amide bonds. The van der Waals surface area contributed by atoms with E-state index in [4.69, 9.17) is 5.84 Å². The first-order chi connectivity index (χ1) is 9.44. The first kappa shape index (κ1) is 14.8. The zero-order valence-corrected chi connectivity index (χ0v) is 10.6. The van der Waals surface area contributed by atoms with Crippen LogP contribution >= 0.6 is 0 Å². The van der Waals surface area contributed by atoms with E-state index in [-0.39, 0.29) is 30.2 Å². The van der Waals surface area contributed by atoms with Crippen molar-refractivity contribution in [1.29, 1.82) is 0 Å². The molecular formula is C11H16F3N5O. The van der Waals surface area contributed by atoms with E-state index in [1.54, 1.807) is 0 Å². The number of nitrogens with one attached hydrogen (secondary N) is 2. The van der Waals surface area contributed by atoms with Gasteiger partial charge in [-0.3, -0.25) is 0 Å². The van der Waals surface area contributed by atoms with Gasteiger partial charge in [-0.1, -0.05) is 6.42 Å². The molecule has 1 aliphatic rings. The largest absolute Gasteiger partial charge is 0.451 e. The van der Waals surface area contributed by atoms with E-state index in [1.807, 2.05) is 0 Å². The lowest BCUT2D eigenvalue weighted by atomic mass is 10.1. The van der Waals surface area contributed by atoms with Gasteiger partial charge in [-0.05, 0) is 12.8 Å². The summed E-state index contributed by atoms with van der Waals surface area (Å²) in [4.78, 5) is 6.74. The molecule has 0 bridgehead atoms. The van der Waals surface area contributed by atoms with Crippen LogP contribution in [0, 0.1) is 5.92 Å². The highest BCUT2D eigenvalue weighted by molar-refractivity contribution is 5.48. The third-order valence-corrected chi connectivity index (χ3v) is 3.35. The third-order valence-electron chi connectivity index (χ3n) is 3.35. The maximum Gasteiger partial charge on any atom is 0.451 e. The van der Waals surface area contributed by atoms with E-state index in [0.29, 0.717) is 0 Å². The highest BCUT2D eigenvalue weighted by Crippen LogP contribution is 2.31. The minimum Gasteiger partial charge on any atom is -0.396 e. The number of hydrogen-bond donors (Lipinski definition) is 4. The summed E-state index contributed by atoms with van der Waals surface area (Å²) in [5.41, 5.74) is 2.09. The molecule has 1 saturated carbocycles. The van der Waals surface area contributed by atoms with Crippen molar-refractivity contribution in [2.75, 3.05) is 17.3 Å². The third kappa shape index (κ3) is 3.28. The number of nitrogens with two attached hydrogens (primary N) is 1. The summed E-state index contributed by atoms with van der Waals surface area (Å²) in [6, 6.07) is 1.21. The summed E-state index contributed by atoms with van der Waals surface area (Å²) < 4.78 is 38.0. The second kappa shape index (κ2) is 5.80. The Morgan fingerprint density at radius 2 is 2.00 bits per heavy atom. The summed E-state index contributed by atoms with van der Waals surface area (Å²) in [6.45, 7) is -0.00310. The molecule has 1 aromatic heterocycles. The lowest BCUT2D eigenvalue weighted by Crippen LogP contribution is -2.27. The van der Waals surface area contributed by atoms with Crippen molar-refractivity contribution < 1.29 is 18.3 Å². The Bertz CT molecular complexity index is 468. The topological polar surface area (TPSA) is 96.1 Å². The van der Waals surface area contributed by atoms with Crippen molar-refractivity contribution in [2.24, 2.45) is 11.8 Å². The molecule has 1 aromatic rings. The molecule has 0 saturated heterocycles. The first-order valence-electron chi connectivity index (χ1n) is 6.24. The average molecular weight is 291 g/mol. The summed E-state index contributed by atoms with van der Waals surface area (Å²) in [5, 5.41) is 12.1. The summed E-state index contributed by atoms with van der Waals surface area (Å²) in [6.07, 6.45) is -2.10. The molecule has 0 radical (unpaired) electrons. The molecule has 0 aliphatic heterocycles. The maximum absolute atomic E-state index is 12.7. The monoisotopic (exact) mass is 291 g/mol. The molecule has 2 rings (SSSR count). The standard InChI is InChI=1S/C11H16F3N5O/c12-11(13,14)10-17-8(4-9(18-10)19-15)16-7-3-1-2-6(7)5-20/h4,6-7,20H,1-3,5,15H2,(H2,16,17,18,19). The molecule has 9 heteroatoms. The van der Waals surface area contributed by atoms with Crippen LogP contribution in [0.5, 0.6) is 0 Å². The molecule has 1 heterocycles. The number of hydrazine groups is 1. The highest BCUT2D eigenvalue weighted by atomic mass is 19.4. The van der Waals surface area contributed by atoms with E-state index in [0.717, 1.165) is 19.3 Å². The van der Waals surface area contributed by atoms with E-state index in [1.165, 1.54) is 6.07 Å². The second-order valence-corrected chi connectivity index (χ2v) is 4.73. The Hall–Kier alpha value is -1.61. The van der Waals surface area contributed by atoms with Gasteiger partial charge in [0.05, 0.1) is 0 Å². The molecule has 2 atom stereocenters. The zero-order valence-electron chi connectivity index (χ0n) is 10.6. The molecule has 112 valence electrons. The first-order valence-corrected chi connectivity index (χ1v) is 6.24. The van der Waals surface area contributed by atoms with Crippen molar-refractivity contribution in [3.8, 4) is 0 Å². The molecule has 5 N–H and O–H groups in total. The van der Waals surface area contributed by atoms with Crippen LogP contribution in [0.1, 0.15) is 25.1 Å². The molecule has 20 heavy (non-hydrogen) atoms. The Morgan fingerprint density at radius 1 is 1.30 bits per heavy atom. The van der Waals surface area contributed by atoms with Crippen LogP contribution in [0.2, 0.25) is 0 Å². The predicted molar refractivity (Wildman–Crippen MR) is 66.7 cm³/mol. The lowest BCUT2D eigenvalue weighted by molar-refractivity contribution is -0.144. The molecule has 6 nitrogen and oxygen atoms in total. The predicted octanol–water partition coefficient (Wildman–Crippen LogP) is 1.35. The van der Waals surface area contributed by atoms with Gasteiger partial charge in [-0.25, -0.2) is 15.8 Å². The Labute approximate surface area is 113 Å². The average Bonchev–Trinajstić information content (AvgIpc) is 2.84. The SMILES string of the molecule is NNc1cc(NC2CCCC2CO)nc(C(F)(F)F)n1. The van der Waals surface area contributed by atoms with Crippen molar-refractivity contribution in [1.82, 2.24) is 9.97 Å². The van der Waals surface area contributed by atoms with E-state index in [2.05, 4.69) is 20.7 Å². The molecule has 2 unspecified atom stereocenters. The molecule has 1 fully saturated rings. The Morgan fingerprint density at radius 3 is 2.60 bits per heavy atom. The summed E-state index contributed by atoms with van der Waals surface area (Å²) in [7, 11) is 0.